The summed E-state index contributed by atoms with van der Waals surface area (Å²) in [5.41, 5.74) is 1.73. The molecule has 2 aromatic rings. The summed E-state index contributed by atoms with van der Waals surface area (Å²) in [6.07, 6.45) is 6.19. The Morgan fingerprint density at radius 2 is 1.93 bits per heavy atom. The predicted molar refractivity (Wildman–Crippen MR) is 117 cm³/mol. The molecule has 0 radical (unpaired) electrons. The Bertz CT molecular complexity index is 797. The number of rotatable bonds is 10. The maximum Gasteiger partial charge on any atom is 0.267 e. The lowest BCUT2D eigenvalue weighted by Gasteiger charge is -2.17. The van der Waals surface area contributed by atoms with Crippen molar-refractivity contribution in [3.8, 4) is 0 Å². The first-order chi connectivity index (χ1) is 13.5. The molecule has 2 rings (SSSR count). The molecule has 28 heavy (non-hydrogen) atoms. The summed E-state index contributed by atoms with van der Waals surface area (Å²) in [6.45, 7) is 6.83. The van der Waals surface area contributed by atoms with E-state index in [1.165, 1.54) is 11.3 Å². The molecule has 0 aliphatic carbocycles. The molecule has 2 N–H and O–H groups in total. The van der Waals surface area contributed by atoms with Crippen molar-refractivity contribution in [1.82, 2.24) is 10.6 Å². The van der Waals surface area contributed by atoms with Crippen LogP contribution in [0.3, 0.4) is 0 Å². The van der Waals surface area contributed by atoms with Gasteiger partial charge in [-0.3, -0.25) is 9.59 Å². The van der Waals surface area contributed by atoms with Crippen LogP contribution in [0.4, 0.5) is 0 Å². The average molecular weight is 399 g/mol. The van der Waals surface area contributed by atoms with E-state index in [4.69, 9.17) is 0 Å². The van der Waals surface area contributed by atoms with Crippen molar-refractivity contribution in [2.24, 2.45) is 5.92 Å². The topological polar surface area (TPSA) is 58.2 Å². The highest BCUT2D eigenvalue weighted by Crippen LogP contribution is 2.15. The monoisotopic (exact) mass is 398 g/mol. The minimum atomic E-state index is -0.269. The normalized spacial score (nSPS) is 12.5. The van der Waals surface area contributed by atoms with Gasteiger partial charge in [-0.05, 0) is 48.4 Å². The summed E-state index contributed by atoms with van der Waals surface area (Å²) in [5.74, 6) is -0.0571. The molecular formula is C23H30N2O2S. The van der Waals surface area contributed by atoms with Gasteiger partial charge in [0.2, 0.25) is 0 Å². The maximum atomic E-state index is 12.8. The molecule has 0 saturated carbocycles. The van der Waals surface area contributed by atoms with Gasteiger partial charge in [0.05, 0.1) is 0 Å². The predicted octanol–water partition coefficient (Wildman–Crippen LogP) is 5.16. The first-order valence-electron chi connectivity index (χ1n) is 9.95. The largest absolute Gasteiger partial charge is 0.350 e. The van der Waals surface area contributed by atoms with E-state index in [-0.39, 0.29) is 17.5 Å². The van der Waals surface area contributed by atoms with Gasteiger partial charge in [-0.15, -0.1) is 11.3 Å². The number of hydrogen-bond donors (Lipinski definition) is 2. The molecule has 1 aromatic heterocycles. The summed E-state index contributed by atoms with van der Waals surface area (Å²) < 4.78 is 0. The molecule has 1 heterocycles. The van der Waals surface area contributed by atoms with Crippen LogP contribution in [0.15, 0.2) is 47.5 Å². The number of carbonyl (C=O) groups is 2. The zero-order valence-electron chi connectivity index (χ0n) is 17.0. The molecule has 0 fully saturated rings. The Hall–Kier alpha value is -2.40. The smallest absolute Gasteiger partial charge is 0.267 e. The molecule has 1 unspecified atom stereocenters. The lowest BCUT2D eigenvalue weighted by molar-refractivity contribution is -0.117. The van der Waals surface area contributed by atoms with Crippen molar-refractivity contribution in [3.05, 3.63) is 63.5 Å². The van der Waals surface area contributed by atoms with Gasteiger partial charge in [-0.25, -0.2) is 0 Å². The minimum Gasteiger partial charge on any atom is -0.350 e. The highest BCUT2D eigenvalue weighted by Gasteiger charge is 2.17. The highest BCUT2D eigenvalue weighted by molar-refractivity contribution is 7.10. The number of benzene rings is 1. The molecule has 0 aliphatic heterocycles. The molecule has 0 aliphatic rings. The van der Waals surface area contributed by atoms with Crippen LogP contribution >= 0.6 is 11.3 Å². The van der Waals surface area contributed by atoms with Crippen molar-refractivity contribution in [2.45, 2.75) is 46.5 Å². The van der Waals surface area contributed by atoms with Crippen LogP contribution in [0, 0.1) is 12.8 Å². The fourth-order valence-electron chi connectivity index (χ4n) is 2.97. The van der Waals surface area contributed by atoms with E-state index in [0.717, 1.165) is 36.1 Å². The minimum absolute atomic E-state index is 0.245. The van der Waals surface area contributed by atoms with Gasteiger partial charge in [-0.2, -0.15) is 0 Å². The van der Waals surface area contributed by atoms with Gasteiger partial charge in [-0.1, -0.05) is 57.4 Å². The maximum absolute atomic E-state index is 12.8. The van der Waals surface area contributed by atoms with Gasteiger partial charge in [0.1, 0.15) is 5.70 Å². The van der Waals surface area contributed by atoms with Crippen LogP contribution in [0.25, 0.3) is 6.08 Å². The number of thiophene rings is 1. The molecule has 5 heteroatoms. The Kier molecular flexibility index (Phi) is 8.95. The Morgan fingerprint density at radius 3 is 2.57 bits per heavy atom. The fraction of sp³-hybridized carbons (Fsp3) is 0.391. The molecular weight excluding hydrogens is 368 g/mol. The third-order valence-corrected chi connectivity index (χ3v) is 5.63. The van der Waals surface area contributed by atoms with Gasteiger partial charge in [0.25, 0.3) is 11.8 Å². The van der Waals surface area contributed by atoms with Gasteiger partial charge < -0.3 is 10.6 Å². The average Bonchev–Trinajstić information content (AvgIpc) is 3.21. The van der Waals surface area contributed by atoms with Gasteiger partial charge >= 0.3 is 0 Å². The number of hydrogen-bond acceptors (Lipinski definition) is 3. The molecule has 2 amide bonds. The molecule has 0 bridgehead atoms. The highest BCUT2D eigenvalue weighted by atomic mass is 32.1. The summed E-state index contributed by atoms with van der Waals surface area (Å²) >= 11 is 1.53. The first kappa shape index (κ1) is 21.9. The van der Waals surface area contributed by atoms with Crippen LogP contribution in [0.2, 0.25) is 0 Å². The number of aryl methyl sites for hydroxylation is 1. The van der Waals surface area contributed by atoms with E-state index in [1.54, 1.807) is 12.1 Å². The fourth-order valence-corrected chi connectivity index (χ4v) is 3.62. The van der Waals surface area contributed by atoms with Crippen LogP contribution in [-0.2, 0) is 4.79 Å². The second-order valence-corrected chi connectivity index (χ2v) is 7.95. The number of nitrogens with one attached hydrogen (secondary N) is 2. The van der Waals surface area contributed by atoms with E-state index in [0.29, 0.717) is 18.0 Å². The Labute approximate surface area is 172 Å². The quantitative estimate of drug-likeness (QED) is 0.543. The Morgan fingerprint density at radius 1 is 1.14 bits per heavy atom. The van der Waals surface area contributed by atoms with Crippen LogP contribution in [-0.4, -0.2) is 18.4 Å². The van der Waals surface area contributed by atoms with Crippen molar-refractivity contribution in [2.75, 3.05) is 6.54 Å². The van der Waals surface area contributed by atoms with Crippen molar-refractivity contribution in [1.29, 1.82) is 0 Å². The lowest BCUT2D eigenvalue weighted by Crippen LogP contribution is -2.37. The van der Waals surface area contributed by atoms with E-state index in [9.17, 15) is 9.59 Å². The van der Waals surface area contributed by atoms with E-state index < -0.39 is 0 Å². The van der Waals surface area contributed by atoms with Gasteiger partial charge in [0, 0.05) is 17.0 Å². The molecule has 1 atom stereocenters. The summed E-state index contributed by atoms with van der Waals surface area (Å²) in [4.78, 5) is 26.5. The van der Waals surface area contributed by atoms with E-state index >= 15 is 0 Å². The molecule has 0 saturated heterocycles. The second-order valence-electron chi connectivity index (χ2n) is 6.97. The molecule has 0 spiro atoms. The van der Waals surface area contributed by atoms with Crippen molar-refractivity contribution >= 4 is 29.2 Å². The SMILES string of the molecule is CCCCC(CC)CNC(=O)/C(=C/c1cccs1)NC(=O)c1ccccc1C. The lowest BCUT2D eigenvalue weighted by atomic mass is 9.99. The third-order valence-electron chi connectivity index (χ3n) is 4.81. The summed E-state index contributed by atoms with van der Waals surface area (Å²) in [6, 6.07) is 11.2. The zero-order chi connectivity index (χ0) is 20.4. The third kappa shape index (κ3) is 6.64. The molecule has 1 aromatic carbocycles. The molecule has 150 valence electrons. The number of amides is 2. The van der Waals surface area contributed by atoms with E-state index in [2.05, 4.69) is 24.5 Å². The second kappa shape index (κ2) is 11.4. The first-order valence-corrected chi connectivity index (χ1v) is 10.8. The van der Waals surface area contributed by atoms with Crippen LogP contribution < -0.4 is 10.6 Å². The number of carbonyl (C=O) groups excluding carboxylic acids is 2. The van der Waals surface area contributed by atoms with Crippen molar-refractivity contribution in [3.63, 3.8) is 0 Å². The standard InChI is InChI=1S/C23H30N2O2S/c1-4-6-11-18(5-2)16-24-23(27)21(15-19-12-9-14-28-19)25-22(26)20-13-8-7-10-17(20)3/h7-10,12-15,18H,4-6,11,16H2,1-3H3,(H,24,27)(H,25,26)/b21-15-. The van der Waals surface area contributed by atoms with E-state index in [1.807, 2.05) is 42.6 Å². The van der Waals surface area contributed by atoms with Crippen LogP contribution in [0.1, 0.15) is 60.3 Å². The van der Waals surface area contributed by atoms with Crippen LogP contribution in [0.5, 0.6) is 0 Å². The van der Waals surface area contributed by atoms with Crippen molar-refractivity contribution < 1.29 is 9.59 Å². The summed E-state index contributed by atoms with van der Waals surface area (Å²) in [5, 5.41) is 7.77. The Balaban J connectivity index is 2.12. The van der Waals surface area contributed by atoms with Gasteiger partial charge in [0.15, 0.2) is 0 Å². The zero-order valence-corrected chi connectivity index (χ0v) is 17.8. The molecule has 4 nitrogen and oxygen atoms in total. The summed E-state index contributed by atoms with van der Waals surface area (Å²) in [7, 11) is 0. The number of unbranched alkanes of at least 4 members (excludes halogenated alkanes) is 1.